The summed E-state index contributed by atoms with van der Waals surface area (Å²) >= 11 is 0. The topological polar surface area (TPSA) is 78.9 Å². The minimum Gasteiger partial charge on any atom is -0.462 e. The predicted molar refractivity (Wildman–Crippen MR) is 307 cm³/mol. The molecule has 1 atom stereocenters. The maximum Gasteiger partial charge on any atom is 0.306 e. The highest BCUT2D eigenvalue weighted by molar-refractivity contribution is 5.71. The van der Waals surface area contributed by atoms with Crippen LogP contribution in [0.2, 0.25) is 0 Å². The van der Waals surface area contributed by atoms with Crippen molar-refractivity contribution in [3.63, 3.8) is 0 Å². The Labute approximate surface area is 441 Å². The molecule has 0 aromatic carbocycles. The Morgan fingerprint density at radius 3 is 0.831 bits per heavy atom. The maximum atomic E-state index is 12.9. The van der Waals surface area contributed by atoms with Gasteiger partial charge in [0.1, 0.15) is 13.2 Å². The fourth-order valence-corrected chi connectivity index (χ4v) is 9.09. The third kappa shape index (κ3) is 58.1. The van der Waals surface area contributed by atoms with Gasteiger partial charge in [0.2, 0.25) is 0 Å². The van der Waals surface area contributed by atoms with E-state index in [-0.39, 0.29) is 31.1 Å². The molecule has 6 nitrogen and oxygen atoms in total. The van der Waals surface area contributed by atoms with Crippen molar-refractivity contribution in [2.24, 2.45) is 0 Å². The van der Waals surface area contributed by atoms with Gasteiger partial charge in [-0.05, 0) is 83.5 Å². The zero-order valence-electron chi connectivity index (χ0n) is 47.5. The van der Waals surface area contributed by atoms with Gasteiger partial charge in [-0.15, -0.1) is 0 Å². The first kappa shape index (κ1) is 68.4. The van der Waals surface area contributed by atoms with E-state index < -0.39 is 6.10 Å². The summed E-state index contributed by atoms with van der Waals surface area (Å²) in [7, 11) is 0. The molecule has 0 unspecified atom stereocenters. The molecule has 0 aromatic heterocycles. The first-order valence-electron chi connectivity index (χ1n) is 31.1. The summed E-state index contributed by atoms with van der Waals surface area (Å²) in [4.78, 5) is 38.3. The minimum atomic E-state index is -0.785. The van der Waals surface area contributed by atoms with E-state index in [1.165, 1.54) is 205 Å². The van der Waals surface area contributed by atoms with Crippen molar-refractivity contribution in [1.29, 1.82) is 0 Å². The molecule has 0 fully saturated rings. The minimum absolute atomic E-state index is 0.0802. The molecule has 0 rings (SSSR count). The second kappa shape index (κ2) is 59.9. The van der Waals surface area contributed by atoms with Crippen molar-refractivity contribution in [1.82, 2.24) is 0 Å². The van der Waals surface area contributed by atoms with Gasteiger partial charge in [-0.2, -0.15) is 0 Å². The van der Waals surface area contributed by atoms with Crippen molar-refractivity contribution in [2.45, 2.75) is 335 Å². The standard InChI is InChI=1S/C65H118O6/c1-4-7-10-13-16-19-22-25-28-31-32-35-37-40-43-46-49-52-55-58-64(67)70-61-62(71-65(68)59-56-53-50-47-44-41-38-34-30-27-24-21-18-15-12-9-6-3)60-69-63(66)57-54-51-48-45-42-39-36-33-29-26-23-20-17-14-11-8-5-2/h18,21,26-27,29-30,38,41,62H,4-17,19-20,22-25,28,31-37,39-40,42-61H2,1-3H3/b21-18+,29-26+,30-27+,41-38+/t62-/m1/s1. The van der Waals surface area contributed by atoms with Crippen LogP contribution in [0.4, 0.5) is 0 Å². The van der Waals surface area contributed by atoms with Gasteiger partial charge in [-0.1, -0.05) is 275 Å². The van der Waals surface area contributed by atoms with Gasteiger partial charge < -0.3 is 14.2 Å². The van der Waals surface area contributed by atoms with Crippen LogP contribution in [0, 0.1) is 0 Å². The largest absolute Gasteiger partial charge is 0.462 e. The summed E-state index contributed by atoms with van der Waals surface area (Å²) in [5.41, 5.74) is 0. The van der Waals surface area contributed by atoms with Crippen molar-refractivity contribution in [2.75, 3.05) is 13.2 Å². The smallest absolute Gasteiger partial charge is 0.306 e. The van der Waals surface area contributed by atoms with Crippen molar-refractivity contribution >= 4 is 17.9 Å². The van der Waals surface area contributed by atoms with E-state index in [4.69, 9.17) is 14.2 Å². The molecule has 0 saturated heterocycles. The molecule has 0 radical (unpaired) electrons. The van der Waals surface area contributed by atoms with Crippen LogP contribution in [0.1, 0.15) is 329 Å². The summed E-state index contributed by atoms with van der Waals surface area (Å²) in [5, 5.41) is 0. The molecule has 0 N–H and O–H groups in total. The Kier molecular flexibility index (Phi) is 57.7. The number of unbranched alkanes of at least 4 members (excludes halogenated alkanes) is 38. The lowest BCUT2D eigenvalue weighted by Gasteiger charge is -2.18. The van der Waals surface area contributed by atoms with Crippen molar-refractivity contribution in [3.8, 4) is 0 Å². The highest BCUT2D eigenvalue weighted by atomic mass is 16.6. The number of ether oxygens (including phenoxy) is 3. The predicted octanol–water partition coefficient (Wildman–Crippen LogP) is 21.0. The van der Waals surface area contributed by atoms with Gasteiger partial charge in [-0.25, -0.2) is 0 Å². The van der Waals surface area contributed by atoms with E-state index in [0.29, 0.717) is 19.3 Å². The van der Waals surface area contributed by atoms with Crippen LogP contribution in [0.5, 0.6) is 0 Å². The molecule has 0 heterocycles. The van der Waals surface area contributed by atoms with Crippen molar-refractivity contribution in [3.05, 3.63) is 48.6 Å². The van der Waals surface area contributed by atoms with Crippen LogP contribution in [-0.2, 0) is 28.6 Å². The molecule has 0 bridgehead atoms. The van der Waals surface area contributed by atoms with E-state index in [2.05, 4.69) is 69.4 Å². The summed E-state index contributed by atoms with van der Waals surface area (Å²) in [5.74, 6) is -0.887. The number of rotatable bonds is 57. The number of hydrogen-bond acceptors (Lipinski definition) is 6. The maximum absolute atomic E-state index is 12.9. The number of esters is 3. The van der Waals surface area contributed by atoms with Crippen LogP contribution >= 0.6 is 0 Å². The molecular formula is C65H118O6. The Hall–Kier alpha value is -2.63. The Morgan fingerprint density at radius 1 is 0.282 bits per heavy atom. The Morgan fingerprint density at radius 2 is 0.507 bits per heavy atom. The van der Waals surface area contributed by atoms with Crippen LogP contribution in [0.15, 0.2) is 48.6 Å². The molecule has 0 amide bonds. The molecule has 0 aliphatic rings. The average Bonchev–Trinajstić information content (AvgIpc) is 3.37. The Bertz CT molecular complexity index is 1230. The fourth-order valence-electron chi connectivity index (χ4n) is 9.09. The number of carbonyl (C=O) groups excluding carboxylic acids is 3. The van der Waals surface area contributed by atoms with Crippen LogP contribution in [0.25, 0.3) is 0 Å². The lowest BCUT2D eigenvalue weighted by atomic mass is 10.0. The summed E-state index contributed by atoms with van der Waals surface area (Å²) < 4.78 is 16.9. The van der Waals surface area contributed by atoms with Crippen LogP contribution in [-0.4, -0.2) is 37.2 Å². The number of carbonyl (C=O) groups is 3. The lowest BCUT2D eigenvalue weighted by Crippen LogP contribution is -2.30. The molecule has 0 saturated carbocycles. The van der Waals surface area contributed by atoms with E-state index in [0.717, 1.165) is 83.5 Å². The van der Waals surface area contributed by atoms with Gasteiger partial charge >= 0.3 is 17.9 Å². The highest BCUT2D eigenvalue weighted by Gasteiger charge is 2.19. The normalized spacial score (nSPS) is 12.3. The zero-order valence-corrected chi connectivity index (χ0v) is 47.5. The summed E-state index contributed by atoms with van der Waals surface area (Å²) in [6.45, 7) is 6.64. The van der Waals surface area contributed by atoms with Gasteiger partial charge in [0, 0.05) is 19.3 Å². The van der Waals surface area contributed by atoms with E-state index in [1.807, 2.05) is 0 Å². The van der Waals surface area contributed by atoms with E-state index in [1.54, 1.807) is 0 Å². The fraction of sp³-hybridized carbons (Fsp3) is 0.831. The van der Waals surface area contributed by atoms with Crippen LogP contribution < -0.4 is 0 Å². The SMILES string of the molecule is CCCCC/C=C/C/C=C/C/C=C/CCCCCCC(=O)O[C@H](COC(=O)CCCCCCCCC/C=C/CCCCCCCC)COC(=O)CCCCCCCCCCCCCCCCCCCCC. The zero-order chi connectivity index (χ0) is 51.4. The van der Waals surface area contributed by atoms with Crippen LogP contribution in [0.3, 0.4) is 0 Å². The third-order valence-electron chi connectivity index (χ3n) is 13.8. The quantitative estimate of drug-likeness (QED) is 0.0261. The molecule has 414 valence electrons. The lowest BCUT2D eigenvalue weighted by molar-refractivity contribution is -0.167. The monoisotopic (exact) mass is 995 g/mol. The average molecular weight is 996 g/mol. The summed E-state index contributed by atoms with van der Waals surface area (Å²) in [6.07, 6.45) is 73.9. The van der Waals surface area contributed by atoms with Gasteiger partial charge in [0.05, 0.1) is 0 Å². The van der Waals surface area contributed by atoms with Gasteiger partial charge in [0.15, 0.2) is 6.10 Å². The highest BCUT2D eigenvalue weighted by Crippen LogP contribution is 2.17. The summed E-state index contributed by atoms with van der Waals surface area (Å²) in [6, 6.07) is 0. The third-order valence-corrected chi connectivity index (χ3v) is 13.8. The molecule has 0 aromatic rings. The number of hydrogen-bond donors (Lipinski definition) is 0. The number of allylic oxidation sites excluding steroid dienone is 8. The molecule has 0 aliphatic carbocycles. The first-order valence-corrected chi connectivity index (χ1v) is 31.1. The van der Waals surface area contributed by atoms with E-state index in [9.17, 15) is 14.4 Å². The van der Waals surface area contributed by atoms with Gasteiger partial charge in [-0.3, -0.25) is 14.4 Å². The molecule has 71 heavy (non-hydrogen) atoms. The van der Waals surface area contributed by atoms with E-state index >= 15 is 0 Å². The Balaban J connectivity index is 4.38. The molecule has 0 aliphatic heterocycles. The molecule has 6 heteroatoms. The van der Waals surface area contributed by atoms with Crippen molar-refractivity contribution < 1.29 is 28.6 Å². The molecular weight excluding hydrogens is 877 g/mol. The second-order valence-electron chi connectivity index (χ2n) is 21.0. The first-order chi connectivity index (χ1) is 35.0. The van der Waals surface area contributed by atoms with Gasteiger partial charge in [0.25, 0.3) is 0 Å². The second-order valence-corrected chi connectivity index (χ2v) is 21.0. The molecule has 0 spiro atoms.